The standard InChI is InChI=1S/C18H14BrFN2O2/c1-11-16(17(22-24-11)12-6-4-7-14(20)9-12)18(23)21-10-13-5-2-3-8-15(13)19/h2-9H,10H2,1H3,(H,21,23). The first kappa shape index (κ1) is 16.4. The summed E-state index contributed by atoms with van der Waals surface area (Å²) >= 11 is 3.44. The molecule has 1 N–H and O–H groups in total. The van der Waals surface area contributed by atoms with Gasteiger partial charge in [0.25, 0.3) is 5.91 Å². The monoisotopic (exact) mass is 388 g/mol. The van der Waals surface area contributed by atoms with Crippen molar-refractivity contribution >= 4 is 21.8 Å². The van der Waals surface area contributed by atoms with Gasteiger partial charge in [0.1, 0.15) is 22.8 Å². The van der Waals surface area contributed by atoms with Crippen molar-refractivity contribution < 1.29 is 13.7 Å². The van der Waals surface area contributed by atoms with Gasteiger partial charge in [-0.1, -0.05) is 51.4 Å². The fourth-order valence-electron chi connectivity index (χ4n) is 2.38. The molecule has 3 aromatic rings. The maximum atomic E-state index is 13.4. The lowest BCUT2D eigenvalue weighted by Crippen LogP contribution is -2.23. The van der Waals surface area contributed by atoms with Gasteiger partial charge in [0, 0.05) is 16.6 Å². The fourth-order valence-corrected chi connectivity index (χ4v) is 2.80. The van der Waals surface area contributed by atoms with E-state index in [0.29, 0.717) is 29.1 Å². The Bertz CT molecular complexity index is 892. The summed E-state index contributed by atoms with van der Waals surface area (Å²) in [7, 11) is 0. The van der Waals surface area contributed by atoms with E-state index >= 15 is 0 Å². The van der Waals surface area contributed by atoms with Crippen molar-refractivity contribution in [3.8, 4) is 11.3 Å². The molecule has 24 heavy (non-hydrogen) atoms. The van der Waals surface area contributed by atoms with Gasteiger partial charge in [-0.25, -0.2) is 4.39 Å². The third-order valence-corrected chi connectivity index (χ3v) is 4.36. The van der Waals surface area contributed by atoms with E-state index in [1.807, 2.05) is 24.3 Å². The van der Waals surface area contributed by atoms with Gasteiger partial charge in [0.2, 0.25) is 0 Å². The van der Waals surface area contributed by atoms with Crippen molar-refractivity contribution in [3.05, 3.63) is 75.7 Å². The molecule has 1 aromatic heterocycles. The lowest BCUT2D eigenvalue weighted by Gasteiger charge is -2.07. The maximum Gasteiger partial charge on any atom is 0.257 e. The van der Waals surface area contributed by atoms with Crippen LogP contribution in [0.25, 0.3) is 11.3 Å². The van der Waals surface area contributed by atoms with E-state index in [1.165, 1.54) is 12.1 Å². The van der Waals surface area contributed by atoms with E-state index in [1.54, 1.807) is 19.1 Å². The Labute approximate surface area is 146 Å². The van der Waals surface area contributed by atoms with E-state index in [0.717, 1.165) is 10.0 Å². The molecule has 3 rings (SSSR count). The first-order valence-electron chi connectivity index (χ1n) is 7.30. The molecule has 0 aliphatic rings. The summed E-state index contributed by atoms with van der Waals surface area (Å²) in [6.45, 7) is 2.01. The number of benzene rings is 2. The summed E-state index contributed by atoms with van der Waals surface area (Å²) in [6, 6.07) is 13.5. The molecule has 0 saturated carbocycles. The SMILES string of the molecule is Cc1onc(-c2cccc(F)c2)c1C(=O)NCc1ccccc1Br. The number of hydrogen-bond donors (Lipinski definition) is 1. The third-order valence-electron chi connectivity index (χ3n) is 3.59. The topological polar surface area (TPSA) is 55.1 Å². The highest BCUT2D eigenvalue weighted by atomic mass is 79.9. The van der Waals surface area contributed by atoms with Gasteiger partial charge in [0.15, 0.2) is 0 Å². The molecule has 1 heterocycles. The third kappa shape index (κ3) is 3.38. The number of carbonyl (C=O) groups excluding carboxylic acids is 1. The number of rotatable bonds is 4. The van der Waals surface area contributed by atoms with Crippen LogP contribution in [0.4, 0.5) is 4.39 Å². The zero-order valence-corrected chi connectivity index (χ0v) is 14.4. The minimum Gasteiger partial charge on any atom is -0.360 e. The van der Waals surface area contributed by atoms with Gasteiger partial charge in [-0.2, -0.15) is 0 Å². The zero-order chi connectivity index (χ0) is 17.1. The second-order valence-corrected chi connectivity index (χ2v) is 6.10. The summed E-state index contributed by atoms with van der Waals surface area (Å²) in [6.07, 6.45) is 0. The van der Waals surface area contributed by atoms with Crippen molar-refractivity contribution in [1.82, 2.24) is 10.5 Å². The molecule has 2 aromatic carbocycles. The van der Waals surface area contributed by atoms with E-state index in [4.69, 9.17) is 4.52 Å². The first-order valence-corrected chi connectivity index (χ1v) is 8.09. The van der Waals surface area contributed by atoms with E-state index in [9.17, 15) is 9.18 Å². The predicted octanol–water partition coefficient (Wildman–Crippen LogP) is 4.48. The molecule has 0 spiro atoms. The molecule has 1 amide bonds. The van der Waals surface area contributed by atoms with Gasteiger partial charge in [0.05, 0.1) is 0 Å². The molecule has 0 fully saturated rings. The number of hydrogen-bond acceptors (Lipinski definition) is 3. The van der Waals surface area contributed by atoms with Gasteiger partial charge in [-0.05, 0) is 30.7 Å². The Balaban J connectivity index is 1.85. The molecule has 0 unspecified atom stereocenters. The molecule has 0 bridgehead atoms. The highest BCUT2D eigenvalue weighted by Gasteiger charge is 2.21. The molecule has 0 saturated heterocycles. The number of nitrogens with one attached hydrogen (secondary N) is 1. The normalized spacial score (nSPS) is 10.6. The molecule has 0 aliphatic carbocycles. The van der Waals surface area contributed by atoms with Crippen LogP contribution in [0.3, 0.4) is 0 Å². The molecule has 4 nitrogen and oxygen atoms in total. The number of nitrogens with zero attached hydrogens (tertiary/aromatic N) is 1. The van der Waals surface area contributed by atoms with Gasteiger partial charge in [-0.15, -0.1) is 0 Å². The Hall–Kier alpha value is -2.47. The van der Waals surface area contributed by atoms with E-state index in [-0.39, 0.29) is 5.91 Å². The first-order chi connectivity index (χ1) is 11.6. The zero-order valence-electron chi connectivity index (χ0n) is 12.8. The van der Waals surface area contributed by atoms with Crippen LogP contribution < -0.4 is 5.32 Å². The van der Waals surface area contributed by atoms with Crippen molar-refractivity contribution in [2.24, 2.45) is 0 Å². The fraction of sp³-hybridized carbons (Fsp3) is 0.111. The van der Waals surface area contributed by atoms with Gasteiger partial charge < -0.3 is 9.84 Å². The van der Waals surface area contributed by atoms with E-state index < -0.39 is 5.82 Å². The highest BCUT2D eigenvalue weighted by Crippen LogP contribution is 2.26. The smallest absolute Gasteiger partial charge is 0.257 e. The highest BCUT2D eigenvalue weighted by molar-refractivity contribution is 9.10. The quantitative estimate of drug-likeness (QED) is 0.716. The average molecular weight is 389 g/mol. The second kappa shape index (κ2) is 6.97. The molecular weight excluding hydrogens is 375 g/mol. The minimum absolute atomic E-state index is 0.313. The van der Waals surface area contributed by atoms with Gasteiger partial charge >= 0.3 is 0 Å². The van der Waals surface area contributed by atoms with Crippen molar-refractivity contribution in [2.45, 2.75) is 13.5 Å². The summed E-state index contributed by atoms with van der Waals surface area (Å²) in [5, 5.41) is 6.75. The minimum atomic E-state index is -0.396. The number of aromatic nitrogens is 1. The van der Waals surface area contributed by atoms with Crippen molar-refractivity contribution in [3.63, 3.8) is 0 Å². The summed E-state index contributed by atoms with van der Waals surface area (Å²) in [4.78, 5) is 12.6. The molecule has 0 radical (unpaired) electrons. The van der Waals surface area contributed by atoms with Crippen LogP contribution in [0.5, 0.6) is 0 Å². The lowest BCUT2D eigenvalue weighted by molar-refractivity contribution is 0.0950. The summed E-state index contributed by atoms with van der Waals surface area (Å²) in [5.41, 5.74) is 2.09. The Morgan fingerprint density at radius 3 is 2.79 bits per heavy atom. The summed E-state index contributed by atoms with van der Waals surface area (Å²) in [5.74, 6) is -0.324. The number of aryl methyl sites for hydroxylation is 1. The maximum absolute atomic E-state index is 13.4. The average Bonchev–Trinajstić information content (AvgIpc) is 2.95. The lowest BCUT2D eigenvalue weighted by atomic mass is 10.1. The Kier molecular flexibility index (Phi) is 4.76. The number of amides is 1. The predicted molar refractivity (Wildman–Crippen MR) is 91.9 cm³/mol. The van der Waals surface area contributed by atoms with Crippen molar-refractivity contribution in [1.29, 1.82) is 0 Å². The second-order valence-electron chi connectivity index (χ2n) is 5.25. The molecule has 122 valence electrons. The van der Waals surface area contributed by atoms with Crippen LogP contribution in [-0.2, 0) is 6.54 Å². The van der Waals surface area contributed by atoms with Crippen molar-refractivity contribution in [2.75, 3.05) is 0 Å². The van der Waals surface area contributed by atoms with Crippen LogP contribution in [0, 0.1) is 12.7 Å². The molecule has 0 atom stereocenters. The molecular formula is C18H14BrFN2O2. The Morgan fingerprint density at radius 2 is 2.04 bits per heavy atom. The number of halogens is 2. The van der Waals surface area contributed by atoms with Crippen LogP contribution >= 0.6 is 15.9 Å². The van der Waals surface area contributed by atoms with E-state index in [2.05, 4.69) is 26.4 Å². The largest absolute Gasteiger partial charge is 0.360 e. The van der Waals surface area contributed by atoms with Crippen LogP contribution in [0.1, 0.15) is 21.7 Å². The summed E-state index contributed by atoms with van der Waals surface area (Å²) < 4.78 is 19.5. The number of carbonyl (C=O) groups is 1. The molecule has 6 heteroatoms. The Morgan fingerprint density at radius 1 is 1.25 bits per heavy atom. The van der Waals surface area contributed by atoms with Gasteiger partial charge in [-0.3, -0.25) is 4.79 Å². The van der Waals surface area contributed by atoms with Crippen LogP contribution in [-0.4, -0.2) is 11.1 Å². The molecule has 0 aliphatic heterocycles. The van der Waals surface area contributed by atoms with Crippen LogP contribution in [0.2, 0.25) is 0 Å². The van der Waals surface area contributed by atoms with Crippen LogP contribution in [0.15, 0.2) is 57.5 Å².